The van der Waals surface area contributed by atoms with Crippen molar-refractivity contribution in [2.24, 2.45) is 0 Å². The van der Waals surface area contributed by atoms with E-state index in [0.717, 1.165) is 0 Å². The van der Waals surface area contributed by atoms with Crippen molar-refractivity contribution in [1.29, 1.82) is 0 Å². The summed E-state index contributed by atoms with van der Waals surface area (Å²) in [6, 6.07) is 0. The third-order valence-electron chi connectivity index (χ3n) is 1.49. The van der Waals surface area contributed by atoms with Crippen molar-refractivity contribution in [1.82, 2.24) is 0 Å². The van der Waals surface area contributed by atoms with Crippen LogP contribution in [-0.4, -0.2) is 94.4 Å². The fourth-order valence-corrected chi connectivity index (χ4v) is 0.779. The number of ketones is 4. The molecule has 1 aliphatic carbocycles. The first-order chi connectivity index (χ1) is 5.46. The van der Waals surface area contributed by atoms with E-state index in [9.17, 15) is 19.2 Å². The van der Waals surface area contributed by atoms with E-state index in [1.165, 1.54) is 0 Å². The van der Waals surface area contributed by atoms with Crippen LogP contribution in [0.4, 0.5) is 0 Å². The molecule has 0 aromatic carbocycles. The van der Waals surface area contributed by atoms with Crippen LogP contribution >= 0.6 is 0 Å². The normalized spacial score (nSPS) is 28.8. The topological polar surface area (TPSA) is 109 Å². The molecule has 1 fully saturated rings. The Balaban J connectivity index is 0.00000144. The van der Waals surface area contributed by atoms with Crippen molar-refractivity contribution in [3.05, 3.63) is 0 Å². The quantitative estimate of drug-likeness (QED) is 0.357. The zero-order chi connectivity index (χ0) is 9.46. The summed E-state index contributed by atoms with van der Waals surface area (Å²) < 4.78 is 0. The summed E-state index contributed by atoms with van der Waals surface area (Å²) in [5.74, 6) is -6.02. The van der Waals surface area contributed by atoms with Gasteiger partial charge < -0.3 is 10.2 Å². The summed E-state index contributed by atoms with van der Waals surface area (Å²) in [5.41, 5.74) is 0. The van der Waals surface area contributed by atoms with Gasteiger partial charge in [0.2, 0.25) is 11.6 Å². The van der Waals surface area contributed by atoms with Gasteiger partial charge in [0.15, 0.2) is 12.2 Å². The third kappa shape index (κ3) is 2.16. The molecule has 0 aromatic rings. The van der Waals surface area contributed by atoms with E-state index in [0.29, 0.717) is 0 Å². The number of aliphatic hydroxyl groups is 2. The van der Waals surface area contributed by atoms with Gasteiger partial charge in [-0.2, -0.15) is 0 Å². The van der Waals surface area contributed by atoms with Gasteiger partial charge in [0.25, 0.3) is 11.6 Å². The largest absolute Gasteiger partial charge is 0.382 e. The molecule has 2 atom stereocenters. The van der Waals surface area contributed by atoms with Crippen LogP contribution in [0.3, 0.4) is 0 Å². The molecule has 0 saturated heterocycles. The van der Waals surface area contributed by atoms with Gasteiger partial charge in [0, 0.05) is 48.9 Å². The number of rotatable bonds is 0. The molecular formula is C6H4BaO6. The predicted molar refractivity (Wildman–Crippen MR) is 37.8 cm³/mol. The summed E-state index contributed by atoms with van der Waals surface area (Å²) in [4.78, 5) is 42.1. The fraction of sp³-hybridized carbons (Fsp3) is 0.333. The van der Waals surface area contributed by atoms with E-state index in [4.69, 9.17) is 10.2 Å². The zero-order valence-corrected chi connectivity index (χ0v) is 10.8. The molecule has 66 valence electrons. The molecule has 6 nitrogen and oxygen atoms in total. The number of aliphatic hydroxyl groups excluding tert-OH is 2. The van der Waals surface area contributed by atoms with Gasteiger partial charge in [-0.25, -0.2) is 0 Å². The van der Waals surface area contributed by atoms with Crippen LogP contribution < -0.4 is 0 Å². The van der Waals surface area contributed by atoms with E-state index in [-0.39, 0.29) is 48.9 Å². The monoisotopic (exact) mass is 310 g/mol. The summed E-state index contributed by atoms with van der Waals surface area (Å²) in [7, 11) is 0. The molecule has 2 unspecified atom stereocenters. The van der Waals surface area contributed by atoms with Gasteiger partial charge in [0.1, 0.15) is 0 Å². The van der Waals surface area contributed by atoms with E-state index in [2.05, 4.69) is 0 Å². The van der Waals surface area contributed by atoms with Crippen molar-refractivity contribution in [3.63, 3.8) is 0 Å². The average Bonchev–Trinajstić information content (AvgIpc) is 2.08. The second-order valence-electron chi connectivity index (χ2n) is 2.28. The van der Waals surface area contributed by atoms with Crippen LogP contribution in [0, 0.1) is 0 Å². The van der Waals surface area contributed by atoms with Crippen LogP contribution in [0.1, 0.15) is 0 Å². The van der Waals surface area contributed by atoms with Gasteiger partial charge in [-0.3, -0.25) is 19.2 Å². The van der Waals surface area contributed by atoms with Crippen molar-refractivity contribution < 1.29 is 29.4 Å². The summed E-state index contributed by atoms with van der Waals surface area (Å²) in [6.07, 6.45) is -4.19. The Hall–Kier alpha value is 0.171. The Morgan fingerprint density at radius 3 is 1.23 bits per heavy atom. The average molecular weight is 309 g/mol. The predicted octanol–water partition coefficient (Wildman–Crippen LogP) is -3.38. The molecule has 1 saturated carbocycles. The second kappa shape index (κ2) is 4.60. The van der Waals surface area contributed by atoms with Gasteiger partial charge in [0.05, 0.1) is 0 Å². The molecule has 1 aliphatic rings. The minimum Gasteiger partial charge on any atom is -0.382 e. The van der Waals surface area contributed by atoms with Crippen molar-refractivity contribution in [3.8, 4) is 0 Å². The van der Waals surface area contributed by atoms with Crippen LogP contribution in [0.5, 0.6) is 0 Å². The minimum atomic E-state index is -2.09. The molecule has 13 heavy (non-hydrogen) atoms. The van der Waals surface area contributed by atoms with Gasteiger partial charge in [-0.1, -0.05) is 0 Å². The molecule has 7 heteroatoms. The molecule has 0 aromatic heterocycles. The standard InChI is InChI=1S/C6H4O6.Ba/c7-1-2(8)4(10)6(12)5(11)3(1)9;/h1-2,7-8H;. The Morgan fingerprint density at radius 2 is 1.00 bits per heavy atom. The number of Topliss-reactive ketones (excluding diaryl/α,β-unsaturated/α-hetero) is 4. The molecule has 2 N–H and O–H groups in total. The molecule has 0 heterocycles. The third-order valence-corrected chi connectivity index (χ3v) is 1.49. The first kappa shape index (κ1) is 13.2. The smallest absolute Gasteiger partial charge is 0.275 e. The van der Waals surface area contributed by atoms with E-state index >= 15 is 0 Å². The molecule has 0 bridgehead atoms. The Bertz CT molecular complexity index is 265. The van der Waals surface area contributed by atoms with Crippen LogP contribution in [0.2, 0.25) is 0 Å². The minimum absolute atomic E-state index is 0. The maximum Gasteiger partial charge on any atom is 0.275 e. The van der Waals surface area contributed by atoms with Crippen molar-refractivity contribution >= 4 is 72.0 Å². The van der Waals surface area contributed by atoms with Gasteiger partial charge in [-0.15, -0.1) is 0 Å². The molecule has 0 amide bonds. The Morgan fingerprint density at radius 1 is 0.769 bits per heavy atom. The van der Waals surface area contributed by atoms with Crippen LogP contribution in [0.25, 0.3) is 0 Å². The number of carbonyl (C=O) groups is 4. The number of carbonyl (C=O) groups excluding carboxylic acids is 4. The summed E-state index contributed by atoms with van der Waals surface area (Å²) >= 11 is 0. The first-order valence-electron chi connectivity index (χ1n) is 2.99. The van der Waals surface area contributed by atoms with Gasteiger partial charge in [-0.05, 0) is 0 Å². The zero-order valence-electron chi connectivity index (χ0n) is 6.39. The Labute approximate surface area is 112 Å². The fourth-order valence-electron chi connectivity index (χ4n) is 0.779. The maximum atomic E-state index is 10.6. The maximum absolute atomic E-state index is 10.6. The molecule has 2 radical (unpaired) electrons. The van der Waals surface area contributed by atoms with Crippen LogP contribution in [-0.2, 0) is 19.2 Å². The second-order valence-corrected chi connectivity index (χ2v) is 2.28. The van der Waals surface area contributed by atoms with Crippen LogP contribution in [0.15, 0.2) is 0 Å². The summed E-state index contributed by atoms with van der Waals surface area (Å²) in [6.45, 7) is 0. The SMILES string of the molecule is O=C1C(=O)C(=O)C(O)C(O)C1=O.[Ba]. The van der Waals surface area contributed by atoms with Crippen molar-refractivity contribution in [2.45, 2.75) is 12.2 Å². The van der Waals surface area contributed by atoms with E-state index in [1.54, 1.807) is 0 Å². The first-order valence-corrected chi connectivity index (χ1v) is 2.99. The van der Waals surface area contributed by atoms with E-state index < -0.39 is 35.3 Å². The molecule has 0 spiro atoms. The van der Waals surface area contributed by atoms with E-state index in [1.807, 2.05) is 0 Å². The van der Waals surface area contributed by atoms with Gasteiger partial charge >= 0.3 is 0 Å². The summed E-state index contributed by atoms with van der Waals surface area (Å²) in [5, 5.41) is 17.4. The van der Waals surface area contributed by atoms with Crippen molar-refractivity contribution in [2.75, 3.05) is 0 Å². The molecule has 1 rings (SSSR count). The number of hydrogen-bond acceptors (Lipinski definition) is 6. The molecule has 0 aliphatic heterocycles. The Kier molecular flexibility index (Phi) is 4.66. The molecular weight excluding hydrogens is 305 g/mol. The number of hydrogen-bond donors (Lipinski definition) is 2.